The average molecular weight is 405 g/mol. The predicted octanol–water partition coefficient (Wildman–Crippen LogP) is 6.38. The third kappa shape index (κ3) is 2.76. The van der Waals surface area contributed by atoms with Crippen LogP contribution in [0.4, 0.5) is 0 Å². The Labute approximate surface area is 145 Å². The molecule has 0 fully saturated rings. The molecule has 0 bridgehead atoms. The van der Waals surface area contributed by atoms with Crippen LogP contribution in [0.2, 0.25) is 15.1 Å². The molecule has 3 aromatic rings. The number of aliphatic hydroxyl groups is 1. The molecule has 108 valence electrons. The van der Waals surface area contributed by atoms with Gasteiger partial charge in [0.25, 0.3) is 0 Å². The molecule has 1 nitrogen and oxygen atoms in total. The van der Waals surface area contributed by atoms with E-state index in [2.05, 4.69) is 15.9 Å². The van der Waals surface area contributed by atoms with Crippen molar-refractivity contribution < 1.29 is 5.11 Å². The highest BCUT2D eigenvalue weighted by Gasteiger charge is 2.15. The van der Waals surface area contributed by atoms with E-state index in [1.165, 1.54) is 0 Å². The van der Waals surface area contributed by atoms with Crippen LogP contribution < -0.4 is 0 Å². The van der Waals surface area contributed by atoms with Gasteiger partial charge in [0, 0.05) is 20.8 Å². The van der Waals surface area contributed by atoms with Crippen LogP contribution in [0.1, 0.15) is 11.7 Å². The monoisotopic (exact) mass is 402 g/mol. The molecule has 0 saturated heterocycles. The number of fused-ring (bicyclic) bond motifs is 3. The SMILES string of the molecule is O[C@H](CBr)c1cc2cc(Cl)cc(Cl)c2c2ccc(Cl)cc12. The molecule has 3 aromatic carbocycles. The van der Waals surface area contributed by atoms with Gasteiger partial charge in [-0.15, -0.1) is 0 Å². The maximum atomic E-state index is 10.3. The highest BCUT2D eigenvalue weighted by molar-refractivity contribution is 9.09. The van der Waals surface area contributed by atoms with Crippen molar-refractivity contribution in [1.29, 1.82) is 0 Å². The first-order valence-electron chi connectivity index (χ1n) is 6.26. The van der Waals surface area contributed by atoms with Crippen LogP contribution in [-0.2, 0) is 0 Å². The van der Waals surface area contributed by atoms with Crippen LogP contribution in [0, 0.1) is 0 Å². The van der Waals surface area contributed by atoms with Crippen LogP contribution in [0.5, 0.6) is 0 Å². The molecule has 0 amide bonds. The summed E-state index contributed by atoms with van der Waals surface area (Å²) < 4.78 is 0. The van der Waals surface area contributed by atoms with Crippen molar-refractivity contribution in [3.8, 4) is 0 Å². The van der Waals surface area contributed by atoms with Gasteiger partial charge in [-0.25, -0.2) is 0 Å². The van der Waals surface area contributed by atoms with Crippen molar-refractivity contribution in [1.82, 2.24) is 0 Å². The lowest BCUT2D eigenvalue weighted by Crippen LogP contribution is -2.00. The van der Waals surface area contributed by atoms with E-state index in [1.54, 1.807) is 6.07 Å². The Morgan fingerprint density at radius 1 is 0.952 bits per heavy atom. The number of hydrogen-bond acceptors (Lipinski definition) is 1. The van der Waals surface area contributed by atoms with Crippen molar-refractivity contribution in [2.45, 2.75) is 6.10 Å². The Bertz CT molecular complexity index is 848. The molecular formula is C16H10BrCl3O. The normalized spacial score (nSPS) is 13.0. The number of aliphatic hydroxyl groups excluding tert-OH is 1. The van der Waals surface area contributed by atoms with Crippen LogP contribution in [-0.4, -0.2) is 10.4 Å². The first-order chi connectivity index (χ1) is 10.0. The van der Waals surface area contributed by atoms with Crippen LogP contribution >= 0.6 is 50.7 Å². The smallest absolute Gasteiger partial charge is 0.0893 e. The second-order valence-corrected chi connectivity index (χ2v) is 6.74. The number of benzene rings is 3. The third-order valence-corrected chi connectivity index (χ3v) is 4.83. The van der Waals surface area contributed by atoms with E-state index in [1.807, 2.05) is 30.3 Å². The summed E-state index contributed by atoms with van der Waals surface area (Å²) in [4.78, 5) is 0. The first-order valence-corrected chi connectivity index (χ1v) is 8.51. The molecule has 0 aliphatic carbocycles. The average Bonchev–Trinajstić information content (AvgIpc) is 2.44. The van der Waals surface area contributed by atoms with Crippen LogP contribution in [0.15, 0.2) is 36.4 Å². The van der Waals surface area contributed by atoms with Gasteiger partial charge in [-0.2, -0.15) is 0 Å². The van der Waals surface area contributed by atoms with Crippen molar-refractivity contribution in [2.24, 2.45) is 0 Å². The number of rotatable bonds is 2. The van der Waals surface area contributed by atoms with Gasteiger partial charge in [0.15, 0.2) is 0 Å². The zero-order valence-corrected chi connectivity index (χ0v) is 14.6. The van der Waals surface area contributed by atoms with E-state index in [4.69, 9.17) is 34.8 Å². The molecule has 0 heterocycles. The molecule has 5 heteroatoms. The van der Waals surface area contributed by atoms with Gasteiger partial charge in [0.2, 0.25) is 0 Å². The van der Waals surface area contributed by atoms with Gasteiger partial charge in [-0.3, -0.25) is 0 Å². The lowest BCUT2D eigenvalue weighted by Gasteiger charge is -2.15. The highest BCUT2D eigenvalue weighted by Crippen LogP contribution is 2.38. The fourth-order valence-electron chi connectivity index (χ4n) is 2.57. The zero-order valence-electron chi connectivity index (χ0n) is 10.7. The summed E-state index contributed by atoms with van der Waals surface area (Å²) in [5.41, 5.74) is 0.801. The molecule has 21 heavy (non-hydrogen) atoms. The van der Waals surface area contributed by atoms with E-state index in [-0.39, 0.29) is 0 Å². The predicted molar refractivity (Wildman–Crippen MR) is 95.2 cm³/mol. The Kier molecular flexibility index (Phi) is 4.35. The molecule has 0 aliphatic heterocycles. The Hall–Kier alpha value is -0.510. The number of alkyl halides is 1. The topological polar surface area (TPSA) is 20.2 Å². The molecule has 0 aromatic heterocycles. The first kappa shape index (κ1) is 15.4. The number of halogens is 4. The van der Waals surface area contributed by atoms with Gasteiger partial charge in [0.1, 0.15) is 0 Å². The summed E-state index contributed by atoms with van der Waals surface area (Å²) >= 11 is 21.9. The summed E-state index contributed by atoms with van der Waals surface area (Å²) in [6, 6.07) is 11.1. The largest absolute Gasteiger partial charge is 0.388 e. The van der Waals surface area contributed by atoms with Gasteiger partial charge < -0.3 is 5.11 Å². The summed E-state index contributed by atoms with van der Waals surface area (Å²) in [5.74, 6) is 0. The van der Waals surface area contributed by atoms with Gasteiger partial charge >= 0.3 is 0 Å². The van der Waals surface area contributed by atoms with Crippen LogP contribution in [0.3, 0.4) is 0 Å². The van der Waals surface area contributed by atoms with Gasteiger partial charge in [0.05, 0.1) is 11.1 Å². The summed E-state index contributed by atoms with van der Waals surface area (Å²) in [6.45, 7) is 0. The second kappa shape index (κ2) is 5.94. The van der Waals surface area contributed by atoms with Crippen molar-refractivity contribution >= 4 is 72.3 Å². The minimum atomic E-state index is -0.631. The molecule has 0 spiro atoms. The maximum Gasteiger partial charge on any atom is 0.0893 e. The molecule has 1 atom stereocenters. The highest BCUT2D eigenvalue weighted by atomic mass is 79.9. The van der Waals surface area contributed by atoms with E-state index in [0.717, 1.165) is 27.1 Å². The Morgan fingerprint density at radius 2 is 1.71 bits per heavy atom. The van der Waals surface area contributed by atoms with Crippen molar-refractivity contribution in [3.05, 3.63) is 57.0 Å². The fourth-order valence-corrected chi connectivity index (χ4v) is 3.70. The Balaban J connectivity index is 2.52. The molecule has 0 unspecified atom stereocenters. The standard InChI is InChI=1S/C16H10BrCl3O/c17-7-15(21)13-4-8-3-10(19)6-14(20)16(8)11-2-1-9(18)5-12(11)13/h1-6,15,21H,7H2/t15-/m1/s1. The van der Waals surface area contributed by atoms with Crippen molar-refractivity contribution in [2.75, 3.05) is 5.33 Å². The lowest BCUT2D eigenvalue weighted by molar-refractivity contribution is 0.207. The Morgan fingerprint density at radius 3 is 2.43 bits per heavy atom. The van der Waals surface area contributed by atoms with Gasteiger partial charge in [-0.05, 0) is 52.1 Å². The van der Waals surface area contributed by atoms with Gasteiger partial charge in [-0.1, -0.05) is 56.8 Å². The number of hydrogen-bond donors (Lipinski definition) is 1. The summed E-state index contributed by atoms with van der Waals surface area (Å²) in [6.07, 6.45) is -0.631. The van der Waals surface area contributed by atoms with E-state index in [0.29, 0.717) is 20.4 Å². The maximum absolute atomic E-state index is 10.3. The fraction of sp³-hybridized carbons (Fsp3) is 0.125. The molecule has 0 saturated carbocycles. The molecular weight excluding hydrogens is 394 g/mol. The molecule has 1 N–H and O–H groups in total. The van der Waals surface area contributed by atoms with E-state index in [9.17, 15) is 5.11 Å². The molecule has 3 rings (SSSR count). The van der Waals surface area contributed by atoms with Crippen molar-refractivity contribution in [3.63, 3.8) is 0 Å². The van der Waals surface area contributed by atoms with Crippen LogP contribution in [0.25, 0.3) is 21.5 Å². The lowest BCUT2D eigenvalue weighted by atomic mass is 9.95. The third-order valence-electron chi connectivity index (χ3n) is 3.46. The summed E-state index contributed by atoms with van der Waals surface area (Å²) in [5, 5.41) is 16.1. The minimum absolute atomic E-state index is 0.439. The van der Waals surface area contributed by atoms with E-state index < -0.39 is 6.10 Å². The molecule has 0 aliphatic rings. The zero-order chi connectivity index (χ0) is 15.1. The van der Waals surface area contributed by atoms with E-state index >= 15 is 0 Å². The molecule has 0 radical (unpaired) electrons. The second-order valence-electron chi connectivity index (χ2n) is 4.81. The summed E-state index contributed by atoms with van der Waals surface area (Å²) in [7, 11) is 0. The quantitative estimate of drug-likeness (QED) is 0.388. The minimum Gasteiger partial charge on any atom is -0.388 e.